The van der Waals surface area contributed by atoms with Crippen LogP contribution in [-0.2, 0) is 0 Å². The first-order chi connectivity index (χ1) is 26.7. The van der Waals surface area contributed by atoms with Gasteiger partial charge in [0.2, 0.25) is 0 Å². The molecule has 0 aliphatic carbocycles. The van der Waals surface area contributed by atoms with Crippen LogP contribution in [0.15, 0.2) is 186 Å². The minimum absolute atomic E-state index is 0.946. The van der Waals surface area contributed by atoms with Crippen molar-refractivity contribution in [1.82, 2.24) is 0 Å². The van der Waals surface area contributed by atoms with E-state index in [1.165, 1.54) is 102 Å². The van der Waals surface area contributed by atoms with Crippen LogP contribution in [0.1, 0.15) is 0 Å². The summed E-state index contributed by atoms with van der Waals surface area (Å²) in [6.07, 6.45) is 0. The molecule has 0 saturated carbocycles. The second kappa shape index (κ2) is 11.4. The van der Waals surface area contributed by atoms with Gasteiger partial charge in [-0.25, -0.2) is 0 Å². The molecule has 2 heterocycles. The van der Waals surface area contributed by atoms with Crippen molar-refractivity contribution in [3.63, 3.8) is 0 Å². The molecular formula is C52H30OS. The predicted molar refractivity (Wildman–Crippen MR) is 233 cm³/mol. The number of furan rings is 1. The Bertz CT molecular complexity index is 3430. The number of fused-ring (bicyclic) bond motifs is 11. The van der Waals surface area contributed by atoms with E-state index >= 15 is 0 Å². The Hall–Kier alpha value is -6.74. The molecule has 54 heavy (non-hydrogen) atoms. The van der Waals surface area contributed by atoms with E-state index in [2.05, 4.69) is 182 Å². The lowest BCUT2D eigenvalue weighted by Crippen LogP contribution is -1.91. The Labute approximate surface area is 314 Å². The lowest BCUT2D eigenvalue weighted by molar-refractivity contribution is 0.673. The molecule has 2 aromatic heterocycles. The van der Waals surface area contributed by atoms with Gasteiger partial charge in [0.15, 0.2) is 0 Å². The zero-order valence-electron chi connectivity index (χ0n) is 29.1. The van der Waals surface area contributed by atoms with Gasteiger partial charge in [-0.2, -0.15) is 0 Å². The Kier molecular flexibility index (Phi) is 6.28. The highest BCUT2D eigenvalue weighted by Gasteiger charge is 2.18. The summed E-state index contributed by atoms with van der Waals surface area (Å²) in [5.41, 5.74) is 9.38. The Morgan fingerprint density at radius 3 is 1.59 bits per heavy atom. The fourth-order valence-electron chi connectivity index (χ4n) is 8.88. The third-order valence-corrected chi connectivity index (χ3v) is 12.6. The molecule has 0 N–H and O–H groups in total. The number of rotatable bonds is 3. The van der Waals surface area contributed by atoms with Crippen LogP contribution in [-0.4, -0.2) is 0 Å². The highest BCUT2D eigenvalue weighted by atomic mass is 32.1. The third kappa shape index (κ3) is 4.38. The maximum atomic E-state index is 6.52. The summed E-state index contributed by atoms with van der Waals surface area (Å²) in [6.45, 7) is 0. The molecule has 0 atom stereocenters. The zero-order chi connectivity index (χ0) is 35.3. The van der Waals surface area contributed by atoms with Gasteiger partial charge < -0.3 is 4.42 Å². The Morgan fingerprint density at radius 2 is 0.852 bits per heavy atom. The topological polar surface area (TPSA) is 13.1 Å². The predicted octanol–water partition coefficient (Wildman–Crippen LogP) is 15.6. The molecule has 250 valence electrons. The van der Waals surface area contributed by atoms with Crippen molar-refractivity contribution in [3.8, 4) is 33.4 Å². The fraction of sp³-hybridized carbons (Fsp3) is 0. The van der Waals surface area contributed by atoms with E-state index in [1.807, 2.05) is 11.3 Å². The van der Waals surface area contributed by atoms with Gasteiger partial charge in [-0.15, -0.1) is 11.3 Å². The average molecular weight is 703 g/mol. The Balaban J connectivity index is 0.988. The van der Waals surface area contributed by atoms with Crippen LogP contribution in [0.25, 0.3) is 119 Å². The molecule has 10 aromatic carbocycles. The molecule has 0 fully saturated rings. The van der Waals surface area contributed by atoms with Crippen molar-refractivity contribution in [2.24, 2.45) is 0 Å². The number of hydrogen-bond acceptors (Lipinski definition) is 2. The van der Waals surface area contributed by atoms with Crippen molar-refractivity contribution < 1.29 is 4.42 Å². The maximum absolute atomic E-state index is 6.52. The largest absolute Gasteiger partial charge is 0.455 e. The van der Waals surface area contributed by atoms with E-state index in [0.717, 1.165) is 16.6 Å². The van der Waals surface area contributed by atoms with Gasteiger partial charge in [-0.05, 0) is 107 Å². The summed E-state index contributed by atoms with van der Waals surface area (Å²) in [6, 6.07) is 66.9. The molecule has 0 unspecified atom stereocenters. The van der Waals surface area contributed by atoms with Crippen LogP contribution in [0.3, 0.4) is 0 Å². The molecule has 0 saturated heterocycles. The first kappa shape index (κ1) is 29.8. The van der Waals surface area contributed by atoms with Gasteiger partial charge in [0.25, 0.3) is 0 Å². The standard InChI is InChI=1S/C52H30OS/c1-2-11-35-27-37(22-19-31(35)9-1)51-41-15-7-5-13-39(41)50(40-14-6-8-16-42(40)51)34-20-17-32(18-21-34)36-24-26-48-45(28-36)46-29-44-43-25-23-33-10-3-4-12-38(33)52(43)53-47(44)30-49(46)54-48/h1-30H. The second-order valence-corrected chi connectivity index (χ2v) is 15.5. The molecule has 0 radical (unpaired) electrons. The molecule has 12 aromatic rings. The molecule has 0 spiro atoms. The molecule has 1 nitrogen and oxygen atoms in total. The van der Waals surface area contributed by atoms with Gasteiger partial charge in [0.1, 0.15) is 11.2 Å². The number of thiophene rings is 1. The summed E-state index contributed by atoms with van der Waals surface area (Å²) >= 11 is 1.84. The SMILES string of the molecule is c1ccc2cc(-c3c4ccccc4c(-c4ccc(-c5ccc6sc7cc8oc9c%10ccccc%10ccc9c8cc7c6c5)cc4)c4ccccc34)ccc2c1. The fourth-order valence-corrected chi connectivity index (χ4v) is 9.97. The molecular weight excluding hydrogens is 673 g/mol. The molecule has 12 rings (SSSR count). The molecule has 2 heteroatoms. The summed E-state index contributed by atoms with van der Waals surface area (Å²) in [4.78, 5) is 0. The molecule has 0 bridgehead atoms. The van der Waals surface area contributed by atoms with Crippen LogP contribution in [0.5, 0.6) is 0 Å². The molecule has 0 aliphatic heterocycles. The lowest BCUT2D eigenvalue weighted by Gasteiger charge is -2.18. The van der Waals surface area contributed by atoms with Crippen molar-refractivity contribution in [2.75, 3.05) is 0 Å². The summed E-state index contributed by atoms with van der Waals surface area (Å²) in [5.74, 6) is 0. The van der Waals surface area contributed by atoms with Gasteiger partial charge in [-0.3, -0.25) is 0 Å². The van der Waals surface area contributed by atoms with Crippen LogP contribution in [0, 0.1) is 0 Å². The van der Waals surface area contributed by atoms with E-state index in [1.54, 1.807) is 0 Å². The summed E-state index contributed by atoms with van der Waals surface area (Å²) in [7, 11) is 0. The maximum Gasteiger partial charge on any atom is 0.143 e. The van der Waals surface area contributed by atoms with Crippen molar-refractivity contribution in [1.29, 1.82) is 0 Å². The van der Waals surface area contributed by atoms with Gasteiger partial charge in [-0.1, -0.05) is 146 Å². The van der Waals surface area contributed by atoms with E-state index in [4.69, 9.17) is 4.42 Å². The first-order valence-corrected chi connectivity index (χ1v) is 19.3. The highest BCUT2D eigenvalue weighted by molar-refractivity contribution is 7.25. The van der Waals surface area contributed by atoms with Crippen LogP contribution >= 0.6 is 11.3 Å². The van der Waals surface area contributed by atoms with E-state index in [0.29, 0.717) is 0 Å². The van der Waals surface area contributed by atoms with Crippen LogP contribution < -0.4 is 0 Å². The second-order valence-electron chi connectivity index (χ2n) is 14.4. The number of benzene rings is 10. The van der Waals surface area contributed by atoms with E-state index < -0.39 is 0 Å². The van der Waals surface area contributed by atoms with Crippen molar-refractivity contribution >= 4 is 96.5 Å². The normalized spacial score (nSPS) is 12.1. The van der Waals surface area contributed by atoms with E-state index in [9.17, 15) is 0 Å². The minimum atomic E-state index is 0.946. The van der Waals surface area contributed by atoms with Gasteiger partial charge in [0, 0.05) is 36.3 Å². The Morgan fingerprint density at radius 1 is 0.296 bits per heavy atom. The zero-order valence-corrected chi connectivity index (χ0v) is 30.0. The average Bonchev–Trinajstić information content (AvgIpc) is 3.79. The lowest BCUT2D eigenvalue weighted by atomic mass is 9.85. The van der Waals surface area contributed by atoms with Crippen LogP contribution in [0.4, 0.5) is 0 Å². The highest BCUT2D eigenvalue weighted by Crippen LogP contribution is 2.45. The summed E-state index contributed by atoms with van der Waals surface area (Å²) in [5, 5.41) is 14.9. The van der Waals surface area contributed by atoms with Crippen LogP contribution in [0.2, 0.25) is 0 Å². The first-order valence-electron chi connectivity index (χ1n) is 18.5. The number of hydrogen-bond donors (Lipinski definition) is 0. The quantitative estimate of drug-likeness (QED) is 0.167. The van der Waals surface area contributed by atoms with Gasteiger partial charge >= 0.3 is 0 Å². The van der Waals surface area contributed by atoms with E-state index in [-0.39, 0.29) is 0 Å². The minimum Gasteiger partial charge on any atom is -0.455 e. The monoisotopic (exact) mass is 702 g/mol. The molecule has 0 amide bonds. The molecule has 0 aliphatic rings. The van der Waals surface area contributed by atoms with Crippen molar-refractivity contribution in [2.45, 2.75) is 0 Å². The summed E-state index contributed by atoms with van der Waals surface area (Å²) < 4.78 is 9.05. The third-order valence-electron chi connectivity index (χ3n) is 11.4. The van der Waals surface area contributed by atoms with Crippen molar-refractivity contribution in [3.05, 3.63) is 182 Å². The smallest absolute Gasteiger partial charge is 0.143 e. The van der Waals surface area contributed by atoms with Gasteiger partial charge in [0.05, 0.1) is 0 Å².